The standard InChI is InChI=1S/C11H13N3O3.C11H15N3O.C6H11NO.C5H3FN2O2/c15-14(16)11-2-1-10(3-12-11)13-4-8-6-17-7-9(8)5-13;12-11-2-1-10(3-13-11)14-4-8-6-15-7-9(8)5-14;1-5-3-8-4-6(5)2-7-1;6-4-1-2-5(7-3-4)8(9)10/h1-3,8-9H,4-7H2;1-3,8-9H,4-7H2,(H2,12,13);5-7H,1-4H2;1-3H/t2*8-,9+;5-,6+;. The molecule has 6 fully saturated rings. The highest BCUT2D eigenvalue weighted by Crippen LogP contribution is 2.33. The predicted octanol–water partition coefficient (Wildman–Crippen LogP) is 2.80. The van der Waals surface area contributed by atoms with Crippen molar-refractivity contribution < 1.29 is 28.4 Å². The van der Waals surface area contributed by atoms with Crippen LogP contribution in [0.5, 0.6) is 0 Å². The topological polar surface area (TPSA) is 197 Å². The number of pyridine rings is 3. The third-order valence-corrected chi connectivity index (χ3v) is 9.94. The molecule has 0 bridgehead atoms. The molecule has 0 aromatic carbocycles. The maximum Gasteiger partial charge on any atom is 0.363 e. The van der Waals surface area contributed by atoms with Crippen LogP contribution < -0.4 is 20.9 Å². The zero-order valence-electron chi connectivity index (χ0n) is 27.6. The van der Waals surface area contributed by atoms with E-state index in [0.717, 1.165) is 102 Å². The highest BCUT2D eigenvalue weighted by atomic mass is 19.1. The SMILES string of the molecule is C1NC[C@H]2COC[C@@H]12.Nc1ccc(N2C[C@H]3COC[C@H]3C2)cn1.O=[N+]([O-])c1ccc(F)cn1.O=[N+]([O-])c1ccc(N2C[C@H]3COC[C@H]3C2)cn1. The Morgan fingerprint density at radius 1 is 0.640 bits per heavy atom. The number of rotatable bonds is 4. The second kappa shape index (κ2) is 16.4. The van der Waals surface area contributed by atoms with Gasteiger partial charge in [-0.05, 0) is 44.1 Å². The molecule has 3 aromatic rings. The van der Waals surface area contributed by atoms with Crippen molar-refractivity contribution in [2.24, 2.45) is 35.5 Å². The van der Waals surface area contributed by atoms with Crippen LogP contribution in [0.2, 0.25) is 0 Å². The van der Waals surface area contributed by atoms with Gasteiger partial charge in [-0.3, -0.25) is 0 Å². The van der Waals surface area contributed by atoms with Gasteiger partial charge in [-0.2, -0.15) is 0 Å². The smallest absolute Gasteiger partial charge is 0.363 e. The molecule has 3 N–H and O–H groups in total. The van der Waals surface area contributed by atoms with Gasteiger partial charge in [-0.1, -0.05) is 0 Å². The van der Waals surface area contributed by atoms with Crippen LogP contribution >= 0.6 is 0 Å². The van der Waals surface area contributed by atoms with E-state index in [2.05, 4.69) is 30.1 Å². The van der Waals surface area contributed by atoms with Gasteiger partial charge in [0.05, 0.1) is 57.2 Å². The molecule has 0 unspecified atom stereocenters. The summed E-state index contributed by atoms with van der Waals surface area (Å²) < 4.78 is 28.2. The zero-order chi connectivity index (χ0) is 35.0. The molecule has 0 amide bonds. The molecule has 0 radical (unpaired) electrons. The molecule has 17 heteroatoms. The fourth-order valence-electron chi connectivity index (χ4n) is 7.08. The van der Waals surface area contributed by atoms with Crippen molar-refractivity contribution in [3.05, 3.63) is 81.0 Å². The fraction of sp³-hybridized carbons (Fsp3) is 0.545. The molecule has 6 aliphatic heterocycles. The minimum Gasteiger partial charge on any atom is -0.384 e. The first-order valence-electron chi connectivity index (χ1n) is 16.7. The van der Waals surface area contributed by atoms with Crippen LogP contribution in [0, 0.1) is 61.6 Å². The molecular formula is C33H42FN9O7. The van der Waals surface area contributed by atoms with Gasteiger partial charge >= 0.3 is 11.6 Å². The largest absolute Gasteiger partial charge is 0.384 e. The number of hydrogen-bond acceptors (Lipinski definition) is 14. The van der Waals surface area contributed by atoms with E-state index in [1.165, 1.54) is 24.8 Å². The molecule has 0 saturated carbocycles. The number of halogens is 1. The molecule has 6 aliphatic rings. The minimum absolute atomic E-state index is 0.100. The molecule has 16 nitrogen and oxygen atoms in total. The minimum atomic E-state index is -0.681. The quantitative estimate of drug-likeness (QED) is 0.298. The summed E-state index contributed by atoms with van der Waals surface area (Å²) in [5.74, 6) is 3.87. The van der Waals surface area contributed by atoms with E-state index in [-0.39, 0.29) is 11.6 Å². The molecule has 0 spiro atoms. The van der Waals surface area contributed by atoms with Crippen LogP contribution in [0.15, 0.2) is 55.0 Å². The van der Waals surface area contributed by atoms with Crippen LogP contribution in [-0.2, 0) is 14.2 Å². The van der Waals surface area contributed by atoms with Gasteiger partial charge in [0, 0.05) is 86.9 Å². The van der Waals surface area contributed by atoms with E-state index in [0.29, 0.717) is 29.5 Å². The lowest BCUT2D eigenvalue weighted by Gasteiger charge is -2.19. The van der Waals surface area contributed by atoms with Gasteiger partial charge < -0.3 is 55.3 Å². The van der Waals surface area contributed by atoms with Crippen molar-refractivity contribution in [3.63, 3.8) is 0 Å². The van der Waals surface area contributed by atoms with Gasteiger partial charge in [0.1, 0.15) is 5.82 Å². The Hall–Kier alpha value is -4.58. The Bertz CT molecular complexity index is 1530. The third kappa shape index (κ3) is 8.95. The highest BCUT2D eigenvalue weighted by molar-refractivity contribution is 5.49. The Labute approximate surface area is 288 Å². The van der Waals surface area contributed by atoms with E-state index in [9.17, 15) is 24.6 Å². The van der Waals surface area contributed by atoms with Crippen LogP contribution in [0.4, 0.5) is 33.2 Å². The van der Waals surface area contributed by atoms with Crippen LogP contribution in [0.1, 0.15) is 0 Å². The lowest BCUT2D eigenvalue weighted by atomic mass is 10.0. The molecule has 268 valence electrons. The molecule has 9 heterocycles. The van der Waals surface area contributed by atoms with E-state index in [1.54, 1.807) is 12.3 Å². The van der Waals surface area contributed by atoms with Crippen molar-refractivity contribution in [3.8, 4) is 0 Å². The maximum absolute atomic E-state index is 12.1. The van der Waals surface area contributed by atoms with Crippen LogP contribution in [0.3, 0.4) is 0 Å². The average Bonchev–Trinajstić information content (AvgIpc) is 3.95. The molecule has 9 rings (SSSR count). The molecular weight excluding hydrogens is 653 g/mol. The second-order valence-corrected chi connectivity index (χ2v) is 13.3. The predicted molar refractivity (Wildman–Crippen MR) is 181 cm³/mol. The molecule has 3 aromatic heterocycles. The summed E-state index contributed by atoms with van der Waals surface area (Å²) in [6.45, 7) is 12.0. The maximum atomic E-state index is 12.1. The number of aromatic nitrogens is 3. The van der Waals surface area contributed by atoms with E-state index in [4.69, 9.17) is 19.9 Å². The number of nitrogens with zero attached hydrogens (tertiary/aromatic N) is 7. The lowest BCUT2D eigenvalue weighted by Crippen LogP contribution is -2.22. The number of ether oxygens (including phenoxy) is 3. The Balaban J connectivity index is 0.000000120. The zero-order valence-corrected chi connectivity index (χ0v) is 27.6. The van der Waals surface area contributed by atoms with Crippen LogP contribution in [0.25, 0.3) is 0 Å². The highest BCUT2D eigenvalue weighted by Gasteiger charge is 2.38. The summed E-state index contributed by atoms with van der Waals surface area (Å²) in [4.78, 5) is 35.1. The fourth-order valence-corrected chi connectivity index (χ4v) is 7.08. The van der Waals surface area contributed by atoms with Crippen molar-refractivity contribution in [1.29, 1.82) is 0 Å². The lowest BCUT2D eigenvalue weighted by molar-refractivity contribution is -0.389. The van der Waals surface area contributed by atoms with Gasteiger partial charge in [-0.25, -0.2) is 9.37 Å². The Morgan fingerprint density at radius 3 is 1.44 bits per heavy atom. The number of nitrogens with one attached hydrogen (secondary N) is 1. The second-order valence-electron chi connectivity index (χ2n) is 13.3. The Morgan fingerprint density at radius 2 is 1.06 bits per heavy atom. The summed E-state index contributed by atoms with van der Waals surface area (Å²) in [6, 6.07) is 9.14. The van der Waals surface area contributed by atoms with E-state index >= 15 is 0 Å². The first-order valence-corrected chi connectivity index (χ1v) is 16.7. The summed E-state index contributed by atoms with van der Waals surface area (Å²) >= 11 is 0. The number of hydrogen-bond donors (Lipinski definition) is 2. The van der Waals surface area contributed by atoms with Crippen molar-refractivity contribution in [1.82, 2.24) is 20.3 Å². The summed E-state index contributed by atoms with van der Waals surface area (Å²) in [6.07, 6.45) is 4.25. The van der Waals surface area contributed by atoms with E-state index in [1.807, 2.05) is 18.3 Å². The normalized spacial score (nSPS) is 27.1. The van der Waals surface area contributed by atoms with Crippen molar-refractivity contribution in [2.45, 2.75) is 0 Å². The number of nitrogen functional groups attached to an aromatic ring is 1. The summed E-state index contributed by atoms with van der Waals surface area (Å²) in [5, 5.41) is 23.8. The van der Waals surface area contributed by atoms with Crippen molar-refractivity contribution in [2.75, 3.05) is 94.4 Å². The van der Waals surface area contributed by atoms with Crippen LogP contribution in [-0.4, -0.2) is 104 Å². The molecule has 6 atom stereocenters. The monoisotopic (exact) mass is 695 g/mol. The first kappa shape index (κ1) is 35.3. The third-order valence-electron chi connectivity index (χ3n) is 9.94. The first-order chi connectivity index (χ1) is 24.2. The van der Waals surface area contributed by atoms with Gasteiger partial charge in [0.25, 0.3) is 0 Å². The van der Waals surface area contributed by atoms with Gasteiger partial charge in [-0.15, -0.1) is 0 Å². The van der Waals surface area contributed by atoms with Gasteiger partial charge in [0.15, 0.2) is 18.2 Å². The molecule has 0 aliphatic carbocycles. The van der Waals surface area contributed by atoms with E-state index < -0.39 is 15.7 Å². The number of nitro groups is 2. The summed E-state index contributed by atoms with van der Waals surface area (Å²) in [5.41, 5.74) is 7.71. The van der Waals surface area contributed by atoms with Gasteiger partial charge in [0.2, 0.25) is 0 Å². The molecule has 6 saturated heterocycles. The average molecular weight is 696 g/mol. The van der Waals surface area contributed by atoms with Crippen molar-refractivity contribution >= 4 is 28.8 Å². The number of nitrogens with two attached hydrogens (primary N) is 1. The Kier molecular flexibility index (Phi) is 11.6. The number of anilines is 3. The number of fused-ring (bicyclic) bond motifs is 3. The summed E-state index contributed by atoms with van der Waals surface area (Å²) in [7, 11) is 0. The molecule has 50 heavy (non-hydrogen) atoms.